The predicted octanol–water partition coefficient (Wildman–Crippen LogP) is 1.64. The second-order valence-corrected chi connectivity index (χ2v) is 5.01. The van der Waals surface area contributed by atoms with E-state index in [1.54, 1.807) is 24.0 Å². The van der Waals surface area contributed by atoms with Gasteiger partial charge in [0.15, 0.2) is 0 Å². The summed E-state index contributed by atoms with van der Waals surface area (Å²) in [6, 6.07) is 3.57. The van der Waals surface area contributed by atoms with Gasteiger partial charge in [0.2, 0.25) is 0 Å². The highest BCUT2D eigenvalue weighted by Crippen LogP contribution is 2.19. The molecule has 5 nitrogen and oxygen atoms in total. The molecule has 1 aliphatic rings. The number of carboxylic acid groups (broad SMARTS) is 1. The first kappa shape index (κ1) is 13.5. The topological polar surface area (TPSA) is 70.5 Å². The lowest BCUT2D eigenvalue weighted by Gasteiger charge is -2.31. The second-order valence-electron chi connectivity index (χ2n) is 5.01. The Morgan fingerprint density at radius 3 is 2.74 bits per heavy atom. The molecule has 1 atom stereocenters. The lowest BCUT2D eigenvalue weighted by Crippen LogP contribution is -2.42. The number of nitrogens with zero attached hydrogens (tertiary/aromatic N) is 2. The summed E-state index contributed by atoms with van der Waals surface area (Å²) in [5, 5.41) is 9.05. The Morgan fingerprint density at radius 2 is 2.11 bits per heavy atom. The molecule has 5 heteroatoms. The van der Waals surface area contributed by atoms with Crippen molar-refractivity contribution >= 4 is 11.9 Å². The minimum atomic E-state index is -0.823. The lowest BCUT2D eigenvalue weighted by atomic mass is 9.97. The zero-order valence-corrected chi connectivity index (χ0v) is 11.2. The normalized spacial score (nSPS) is 19.3. The number of amides is 1. The zero-order chi connectivity index (χ0) is 14.0. The maximum atomic E-state index is 12.4. The van der Waals surface area contributed by atoms with Crippen molar-refractivity contribution in [1.82, 2.24) is 9.88 Å². The summed E-state index contributed by atoms with van der Waals surface area (Å²) in [4.78, 5) is 29.3. The summed E-state index contributed by atoms with van der Waals surface area (Å²) >= 11 is 0. The van der Waals surface area contributed by atoms with Crippen LogP contribution < -0.4 is 0 Å². The van der Waals surface area contributed by atoms with Gasteiger partial charge in [-0.15, -0.1) is 0 Å². The molecule has 1 amide bonds. The number of aliphatic carboxylic acids is 1. The molecule has 1 aliphatic heterocycles. The van der Waals surface area contributed by atoms with E-state index >= 15 is 0 Å². The summed E-state index contributed by atoms with van der Waals surface area (Å²) < 4.78 is 0. The molecule has 19 heavy (non-hydrogen) atoms. The number of carboxylic acids is 1. The molecule has 0 radical (unpaired) electrons. The highest BCUT2D eigenvalue weighted by molar-refractivity contribution is 5.95. The first-order valence-corrected chi connectivity index (χ1v) is 6.45. The van der Waals surface area contributed by atoms with E-state index in [2.05, 4.69) is 4.98 Å². The number of carbonyl (C=O) groups is 2. The van der Waals surface area contributed by atoms with E-state index in [4.69, 9.17) is 5.11 Å². The van der Waals surface area contributed by atoms with Crippen molar-refractivity contribution in [2.24, 2.45) is 5.92 Å². The van der Waals surface area contributed by atoms with Gasteiger partial charge in [0, 0.05) is 18.8 Å². The molecule has 0 aromatic carbocycles. The quantitative estimate of drug-likeness (QED) is 0.879. The third-order valence-electron chi connectivity index (χ3n) is 3.51. The zero-order valence-electron chi connectivity index (χ0n) is 11.2. The molecule has 2 heterocycles. The van der Waals surface area contributed by atoms with Crippen LogP contribution in [0.15, 0.2) is 12.1 Å². The number of hydrogen-bond acceptors (Lipinski definition) is 3. The van der Waals surface area contributed by atoms with Gasteiger partial charge in [0.05, 0.1) is 17.2 Å². The number of rotatable bonds is 2. The first-order chi connectivity index (χ1) is 8.99. The van der Waals surface area contributed by atoms with E-state index in [0.29, 0.717) is 30.8 Å². The fraction of sp³-hybridized carbons (Fsp3) is 0.500. The van der Waals surface area contributed by atoms with Gasteiger partial charge in [-0.25, -0.2) is 0 Å². The monoisotopic (exact) mass is 262 g/mol. The molecule has 1 fully saturated rings. The van der Waals surface area contributed by atoms with Crippen LogP contribution in [0.3, 0.4) is 0 Å². The van der Waals surface area contributed by atoms with Crippen LogP contribution in [0, 0.1) is 19.8 Å². The fourth-order valence-corrected chi connectivity index (χ4v) is 2.45. The number of hydrogen-bond donors (Lipinski definition) is 1. The summed E-state index contributed by atoms with van der Waals surface area (Å²) in [5.41, 5.74) is 2.13. The maximum Gasteiger partial charge on any atom is 0.308 e. The Hall–Kier alpha value is -1.91. The predicted molar refractivity (Wildman–Crippen MR) is 70.0 cm³/mol. The van der Waals surface area contributed by atoms with Gasteiger partial charge >= 0.3 is 5.97 Å². The largest absolute Gasteiger partial charge is 0.481 e. The lowest BCUT2D eigenvalue weighted by molar-refractivity contribution is -0.143. The molecule has 0 spiro atoms. The molecular weight excluding hydrogens is 244 g/mol. The van der Waals surface area contributed by atoms with E-state index in [9.17, 15) is 9.59 Å². The van der Waals surface area contributed by atoms with E-state index < -0.39 is 11.9 Å². The molecule has 0 saturated carbocycles. The highest BCUT2D eigenvalue weighted by Gasteiger charge is 2.29. The minimum absolute atomic E-state index is 0.115. The molecule has 0 unspecified atom stereocenters. The van der Waals surface area contributed by atoms with E-state index in [-0.39, 0.29) is 5.91 Å². The Kier molecular flexibility index (Phi) is 3.83. The molecular formula is C14H18N2O3. The number of aryl methyl sites for hydroxylation is 2. The van der Waals surface area contributed by atoms with Crippen LogP contribution in [0.2, 0.25) is 0 Å². The Bertz CT molecular complexity index is 513. The van der Waals surface area contributed by atoms with Crippen molar-refractivity contribution in [3.8, 4) is 0 Å². The SMILES string of the molecule is Cc1ccc(C(=O)N2CCC[C@@H](C(=O)O)C2)c(C)n1. The van der Waals surface area contributed by atoms with Crippen LogP contribution in [0.1, 0.15) is 34.6 Å². The molecule has 102 valence electrons. The summed E-state index contributed by atoms with van der Waals surface area (Å²) in [6.07, 6.45) is 1.38. The maximum absolute atomic E-state index is 12.4. The van der Waals surface area contributed by atoms with Crippen molar-refractivity contribution < 1.29 is 14.7 Å². The van der Waals surface area contributed by atoms with E-state index in [1.807, 2.05) is 6.92 Å². The van der Waals surface area contributed by atoms with Crippen LogP contribution in [-0.2, 0) is 4.79 Å². The van der Waals surface area contributed by atoms with Crippen LogP contribution in [0.5, 0.6) is 0 Å². The molecule has 1 aromatic heterocycles. The minimum Gasteiger partial charge on any atom is -0.481 e. The van der Waals surface area contributed by atoms with Gasteiger partial charge < -0.3 is 10.0 Å². The number of piperidine rings is 1. The van der Waals surface area contributed by atoms with Crippen LogP contribution >= 0.6 is 0 Å². The third kappa shape index (κ3) is 2.92. The van der Waals surface area contributed by atoms with Gasteiger partial charge in [0.1, 0.15) is 0 Å². The average molecular weight is 262 g/mol. The van der Waals surface area contributed by atoms with Gasteiger partial charge in [-0.1, -0.05) is 0 Å². The molecule has 2 rings (SSSR count). The van der Waals surface area contributed by atoms with Crippen molar-refractivity contribution in [2.75, 3.05) is 13.1 Å². The molecule has 1 N–H and O–H groups in total. The van der Waals surface area contributed by atoms with Crippen molar-refractivity contribution in [3.63, 3.8) is 0 Å². The van der Waals surface area contributed by atoms with Gasteiger partial charge in [0.25, 0.3) is 5.91 Å². The van der Waals surface area contributed by atoms with Crippen molar-refractivity contribution in [1.29, 1.82) is 0 Å². The van der Waals surface area contributed by atoms with E-state index in [1.165, 1.54) is 0 Å². The van der Waals surface area contributed by atoms with Gasteiger partial charge in [-0.2, -0.15) is 0 Å². The third-order valence-corrected chi connectivity index (χ3v) is 3.51. The number of likely N-dealkylation sites (tertiary alicyclic amines) is 1. The van der Waals surface area contributed by atoms with Crippen LogP contribution in [0.25, 0.3) is 0 Å². The fourth-order valence-electron chi connectivity index (χ4n) is 2.45. The van der Waals surface area contributed by atoms with Gasteiger partial charge in [-0.05, 0) is 38.8 Å². The Morgan fingerprint density at radius 1 is 1.37 bits per heavy atom. The van der Waals surface area contributed by atoms with Crippen LogP contribution in [-0.4, -0.2) is 40.0 Å². The summed E-state index contributed by atoms with van der Waals surface area (Å²) in [5.74, 6) is -1.39. The number of carbonyl (C=O) groups excluding carboxylic acids is 1. The van der Waals surface area contributed by atoms with Crippen molar-refractivity contribution in [2.45, 2.75) is 26.7 Å². The summed E-state index contributed by atoms with van der Waals surface area (Å²) in [6.45, 7) is 4.60. The highest BCUT2D eigenvalue weighted by atomic mass is 16.4. The van der Waals surface area contributed by atoms with Crippen LogP contribution in [0.4, 0.5) is 0 Å². The molecule has 0 bridgehead atoms. The summed E-state index contributed by atoms with van der Waals surface area (Å²) in [7, 11) is 0. The average Bonchev–Trinajstić information content (AvgIpc) is 2.38. The second kappa shape index (κ2) is 5.38. The number of pyridine rings is 1. The Balaban J connectivity index is 2.17. The first-order valence-electron chi connectivity index (χ1n) is 6.45. The van der Waals surface area contributed by atoms with E-state index in [0.717, 1.165) is 12.1 Å². The standard InChI is InChI=1S/C14H18N2O3/c1-9-5-6-12(10(2)15-9)13(17)16-7-3-4-11(8-16)14(18)19/h5-6,11H,3-4,7-8H2,1-2H3,(H,18,19)/t11-/m1/s1. The van der Waals surface area contributed by atoms with Crippen molar-refractivity contribution in [3.05, 3.63) is 29.1 Å². The number of aromatic nitrogens is 1. The molecule has 1 saturated heterocycles. The smallest absolute Gasteiger partial charge is 0.308 e. The molecule has 0 aliphatic carbocycles. The molecule has 1 aromatic rings. The Labute approximate surface area is 112 Å². The van der Waals surface area contributed by atoms with Gasteiger partial charge in [-0.3, -0.25) is 14.6 Å².